The molecule has 1 N–H and O–H groups in total. The van der Waals surface area contributed by atoms with E-state index in [1.165, 1.54) is 17.7 Å². The third kappa shape index (κ3) is 6.95. The van der Waals surface area contributed by atoms with E-state index in [-0.39, 0.29) is 12.3 Å². The van der Waals surface area contributed by atoms with Crippen molar-refractivity contribution in [3.8, 4) is 11.5 Å². The Hall–Kier alpha value is -2.61. The molecule has 3 aromatic rings. The number of hydrogen-bond donors (Lipinski definition) is 1. The minimum Gasteiger partial charge on any atom is -0.490 e. The topological polar surface area (TPSA) is 73.6 Å². The van der Waals surface area contributed by atoms with Gasteiger partial charge in [-0.3, -0.25) is 10.1 Å². The molecule has 0 bridgehead atoms. The van der Waals surface area contributed by atoms with Crippen LogP contribution in [0, 0.1) is 10.1 Å². The van der Waals surface area contributed by atoms with E-state index in [2.05, 4.69) is 21.2 Å². The van der Waals surface area contributed by atoms with Gasteiger partial charge in [-0.1, -0.05) is 39.7 Å². The Labute approximate surface area is 200 Å². The van der Waals surface area contributed by atoms with Crippen molar-refractivity contribution in [2.24, 2.45) is 0 Å². The van der Waals surface area contributed by atoms with E-state index >= 15 is 0 Å². The van der Waals surface area contributed by atoms with Gasteiger partial charge in [-0.25, -0.2) is 0 Å². The van der Waals surface area contributed by atoms with Crippen molar-refractivity contribution in [2.75, 3.05) is 13.2 Å². The normalized spacial score (nSPS) is 10.7. The molecule has 0 radical (unpaired) electrons. The molecule has 0 saturated heterocycles. The van der Waals surface area contributed by atoms with Gasteiger partial charge < -0.3 is 14.8 Å². The second kappa shape index (κ2) is 11.9. The van der Waals surface area contributed by atoms with Gasteiger partial charge in [-0.2, -0.15) is 0 Å². The van der Waals surface area contributed by atoms with E-state index in [1.54, 1.807) is 12.1 Å². The Kier molecular flexibility index (Phi) is 8.90. The molecule has 0 fully saturated rings. The fraction of sp³-hybridized carbons (Fsp3) is 0.250. The summed E-state index contributed by atoms with van der Waals surface area (Å²) in [5.74, 6) is 1.27. The number of halogens is 2. The summed E-state index contributed by atoms with van der Waals surface area (Å²) in [6.07, 6.45) is 0.906. The molecular formula is C24H24BrClN2O4. The summed E-state index contributed by atoms with van der Waals surface area (Å²) < 4.78 is 12.6. The zero-order valence-electron chi connectivity index (χ0n) is 17.6. The molecule has 3 rings (SSSR count). The molecule has 6 nitrogen and oxygen atoms in total. The molecule has 0 heterocycles. The molecule has 3 aromatic carbocycles. The van der Waals surface area contributed by atoms with E-state index in [0.717, 1.165) is 33.6 Å². The van der Waals surface area contributed by atoms with Crippen molar-refractivity contribution < 1.29 is 14.4 Å². The Morgan fingerprint density at radius 2 is 1.66 bits per heavy atom. The van der Waals surface area contributed by atoms with Gasteiger partial charge in [0.05, 0.1) is 11.5 Å². The second-order valence-electron chi connectivity index (χ2n) is 7.09. The highest BCUT2D eigenvalue weighted by Crippen LogP contribution is 2.34. The maximum Gasteiger partial charge on any atom is 0.269 e. The Morgan fingerprint density at radius 1 is 1.00 bits per heavy atom. The number of ether oxygens (including phenoxy) is 2. The van der Waals surface area contributed by atoms with Gasteiger partial charge in [-0.15, -0.1) is 0 Å². The summed E-state index contributed by atoms with van der Waals surface area (Å²) in [6.45, 7) is 4.22. The van der Waals surface area contributed by atoms with Gasteiger partial charge in [0.1, 0.15) is 6.61 Å². The quantitative estimate of drug-likeness (QED) is 0.182. The maximum atomic E-state index is 10.8. The SMILES string of the molecule is CCOc1cc(CNCCc2ccc(Cl)cc2)c(Br)cc1OCc1ccc([N+](=O)[O-])cc1. The van der Waals surface area contributed by atoms with Gasteiger partial charge in [0.15, 0.2) is 11.5 Å². The van der Waals surface area contributed by atoms with Crippen LogP contribution in [0.2, 0.25) is 5.02 Å². The molecule has 0 amide bonds. The van der Waals surface area contributed by atoms with Crippen molar-refractivity contribution in [3.05, 3.63) is 97.0 Å². The van der Waals surface area contributed by atoms with Gasteiger partial charge in [0.2, 0.25) is 0 Å². The smallest absolute Gasteiger partial charge is 0.269 e. The molecule has 8 heteroatoms. The fourth-order valence-electron chi connectivity index (χ4n) is 3.08. The van der Waals surface area contributed by atoms with Gasteiger partial charge in [-0.05, 0) is 73.0 Å². The van der Waals surface area contributed by atoms with Crippen LogP contribution in [0.3, 0.4) is 0 Å². The summed E-state index contributed by atoms with van der Waals surface area (Å²) in [5, 5.41) is 15.0. The number of rotatable bonds is 11. The van der Waals surface area contributed by atoms with E-state index in [1.807, 2.05) is 43.3 Å². The van der Waals surface area contributed by atoms with Crippen LogP contribution in [-0.2, 0) is 19.6 Å². The first-order valence-corrected chi connectivity index (χ1v) is 11.4. The minimum absolute atomic E-state index is 0.0550. The zero-order chi connectivity index (χ0) is 22.9. The summed E-state index contributed by atoms with van der Waals surface area (Å²) in [4.78, 5) is 10.4. The molecule has 0 saturated carbocycles. The second-order valence-corrected chi connectivity index (χ2v) is 8.38. The largest absolute Gasteiger partial charge is 0.490 e. The molecular weight excluding hydrogens is 496 g/mol. The van der Waals surface area contributed by atoms with Crippen molar-refractivity contribution >= 4 is 33.2 Å². The molecule has 0 spiro atoms. The number of nitro groups is 1. The molecule has 0 atom stereocenters. The highest BCUT2D eigenvalue weighted by molar-refractivity contribution is 9.10. The lowest BCUT2D eigenvalue weighted by Crippen LogP contribution is -2.17. The molecule has 0 unspecified atom stereocenters. The first kappa shape index (κ1) is 24.0. The van der Waals surface area contributed by atoms with Crippen LogP contribution in [0.4, 0.5) is 5.69 Å². The molecule has 0 aliphatic carbocycles. The van der Waals surface area contributed by atoms with E-state index in [4.69, 9.17) is 21.1 Å². The summed E-state index contributed by atoms with van der Waals surface area (Å²) in [6, 6.07) is 18.0. The van der Waals surface area contributed by atoms with E-state index < -0.39 is 4.92 Å². The molecule has 168 valence electrons. The lowest BCUT2D eigenvalue weighted by atomic mass is 10.1. The van der Waals surface area contributed by atoms with Gasteiger partial charge in [0.25, 0.3) is 5.69 Å². The van der Waals surface area contributed by atoms with Crippen molar-refractivity contribution in [1.82, 2.24) is 5.32 Å². The van der Waals surface area contributed by atoms with Crippen LogP contribution in [0.25, 0.3) is 0 Å². The number of hydrogen-bond acceptors (Lipinski definition) is 5. The van der Waals surface area contributed by atoms with Gasteiger partial charge in [0, 0.05) is 28.2 Å². The van der Waals surface area contributed by atoms with Crippen molar-refractivity contribution in [1.29, 1.82) is 0 Å². The number of nitrogens with one attached hydrogen (secondary N) is 1. The fourth-order valence-corrected chi connectivity index (χ4v) is 3.66. The third-order valence-corrected chi connectivity index (χ3v) is 5.76. The van der Waals surface area contributed by atoms with Crippen LogP contribution in [0.15, 0.2) is 65.1 Å². The predicted molar refractivity (Wildman–Crippen MR) is 130 cm³/mol. The number of nitrogens with zero attached hydrogens (tertiary/aromatic N) is 1. The molecule has 0 aromatic heterocycles. The van der Waals surface area contributed by atoms with Crippen LogP contribution >= 0.6 is 27.5 Å². The Morgan fingerprint density at radius 3 is 2.31 bits per heavy atom. The first-order valence-electron chi connectivity index (χ1n) is 10.2. The zero-order valence-corrected chi connectivity index (χ0v) is 20.0. The number of non-ortho nitro benzene ring substituents is 1. The maximum absolute atomic E-state index is 10.8. The van der Waals surface area contributed by atoms with E-state index in [0.29, 0.717) is 24.7 Å². The highest BCUT2D eigenvalue weighted by atomic mass is 79.9. The van der Waals surface area contributed by atoms with Crippen molar-refractivity contribution in [3.63, 3.8) is 0 Å². The summed E-state index contributed by atoms with van der Waals surface area (Å²) in [5.41, 5.74) is 3.18. The van der Waals surface area contributed by atoms with Crippen LogP contribution in [0.5, 0.6) is 11.5 Å². The molecule has 32 heavy (non-hydrogen) atoms. The van der Waals surface area contributed by atoms with Crippen LogP contribution in [0.1, 0.15) is 23.6 Å². The van der Waals surface area contributed by atoms with Crippen molar-refractivity contribution in [2.45, 2.75) is 26.5 Å². The predicted octanol–water partition coefficient (Wildman–Crippen LogP) is 6.32. The van der Waals surface area contributed by atoms with Gasteiger partial charge >= 0.3 is 0 Å². The monoisotopic (exact) mass is 518 g/mol. The minimum atomic E-state index is -0.419. The van der Waals surface area contributed by atoms with E-state index in [9.17, 15) is 10.1 Å². The number of benzene rings is 3. The lowest BCUT2D eigenvalue weighted by molar-refractivity contribution is -0.384. The van der Waals surface area contributed by atoms with Crippen LogP contribution < -0.4 is 14.8 Å². The Balaban J connectivity index is 1.60. The Bertz CT molecular complexity index is 1040. The summed E-state index contributed by atoms with van der Waals surface area (Å²) in [7, 11) is 0. The summed E-state index contributed by atoms with van der Waals surface area (Å²) >= 11 is 9.56. The number of nitro benzene ring substituents is 1. The first-order chi connectivity index (χ1) is 15.5. The lowest BCUT2D eigenvalue weighted by Gasteiger charge is -2.15. The molecule has 0 aliphatic rings. The third-order valence-electron chi connectivity index (χ3n) is 4.77. The standard InChI is InChI=1S/C24H24BrClN2O4/c1-2-31-23-13-19(15-27-12-11-17-3-7-20(26)8-4-17)22(25)14-24(23)32-16-18-5-9-21(10-6-18)28(29)30/h3-10,13-14,27H,2,11-12,15-16H2,1H3. The van der Waals surface area contributed by atoms with Crippen LogP contribution in [-0.4, -0.2) is 18.1 Å². The highest BCUT2D eigenvalue weighted by Gasteiger charge is 2.12. The average molecular weight is 520 g/mol. The molecule has 0 aliphatic heterocycles. The average Bonchev–Trinajstić information content (AvgIpc) is 2.79.